The molecule has 0 bridgehead atoms. The number of nitrogens with one attached hydrogen (secondary N) is 1. The number of alkyl halides is 2. The fourth-order valence-corrected chi connectivity index (χ4v) is 3.61. The average molecular weight is 315 g/mol. The number of carboxylic acid groups (broad SMARTS) is 1. The van der Waals surface area contributed by atoms with Crippen LogP contribution in [0, 0.1) is 6.92 Å². The highest BCUT2D eigenvalue weighted by Crippen LogP contribution is 2.26. The Labute approximate surface area is 111 Å². The summed E-state index contributed by atoms with van der Waals surface area (Å²) in [6.45, 7) is -1.34. The minimum atomic E-state index is -4.22. The maximum absolute atomic E-state index is 12.7. The first-order chi connectivity index (χ1) is 8.59. The van der Waals surface area contributed by atoms with Gasteiger partial charge < -0.3 is 10.2 Å². The number of hydrogen-bond acceptors (Lipinski definition) is 5. The fraction of sp³-hybridized carbons (Fsp3) is 0.444. The summed E-state index contributed by atoms with van der Waals surface area (Å²) in [6.07, 6.45) is 0. The monoisotopic (exact) mass is 315 g/mol. The Hall–Kier alpha value is -1.10. The van der Waals surface area contributed by atoms with Crippen LogP contribution in [-0.4, -0.2) is 43.7 Å². The van der Waals surface area contributed by atoms with Crippen LogP contribution in [0.1, 0.15) is 15.2 Å². The van der Waals surface area contributed by atoms with Gasteiger partial charge in [-0.05, 0) is 18.6 Å². The van der Waals surface area contributed by atoms with Gasteiger partial charge in [0.15, 0.2) is 0 Å². The molecule has 6 nitrogen and oxygen atoms in total. The molecule has 19 heavy (non-hydrogen) atoms. The summed E-state index contributed by atoms with van der Waals surface area (Å²) in [4.78, 5) is 10.6. The second kappa shape index (κ2) is 5.49. The number of aliphatic hydroxyl groups is 1. The van der Waals surface area contributed by atoms with Crippen LogP contribution in [0.15, 0.2) is 10.3 Å². The van der Waals surface area contributed by atoms with E-state index in [1.165, 1.54) is 6.92 Å². The molecule has 108 valence electrons. The Kier molecular flexibility index (Phi) is 4.61. The SMILES string of the molecule is Cc1cc(S(=O)(=O)NCC(F)(F)CO)sc1C(=O)O. The molecule has 0 amide bonds. The smallest absolute Gasteiger partial charge is 0.346 e. The van der Waals surface area contributed by atoms with Crippen LogP contribution in [0.3, 0.4) is 0 Å². The van der Waals surface area contributed by atoms with E-state index in [1.54, 1.807) is 4.72 Å². The highest BCUT2D eigenvalue weighted by molar-refractivity contribution is 7.91. The normalized spacial score (nSPS) is 12.6. The van der Waals surface area contributed by atoms with Crippen LogP contribution in [0.25, 0.3) is 0 Å². The van der Waals surface area contributed by atoms with Gasteiger partial charge in [-0.3, -0.25) is 0 Å². The van der Waals surface area contributed by atoms with Crippen molar-refractivity contribution < 1.29 is 32.2 Å². The van der Waals surface area contributed by atoms with E-state index in [9.17, 15) is 22.0 Å². The zero-order chi connectivity index (χ0) is 14.8. The lowest BCUT2D eigenvalue weighted by Crippen LogP contribution is -2.38. The molecule has 0 atom stereocenters. The third-order valence-corrected chi connectivity index (χ3v) is 5.21. The summed E-state index contributed by atoms with van der Waals surface area (Å²) >= 11 is 0.475. The van der Waals surface area contributed by atoms with Crippen molar-refractivity contribution in [3.8, 4) is 0 Å². The number of aryl methyl sites for hydroxylation is 1. The summed E-state index contributed by atoms with van der Waals surface area (Å²) < 4.78 is 50.1. The van der Waals surface area contributed by atoms with Crippen LogP contribution < -0.4 is 4.72 Å². The Morgan fingerprint density at radius 1 is 1.53 bits per heavy atom. The van der Waals surface area contributed by atoms with Crippen molar-refractivity contribution >= 4 is 27.3 Å². The zero-order valence-corrected chi connectivity index (χ0v) is 11.3. The lowest BCUT2D eigenvalue weighted by molar-refractivity contribution is -0.0437. The van der Waals surface area contributed by atoms with Crippen molar-refractivity contribution in [1.29, 1.82) is 0 Å². The topological polar surface area (TPSA) is 104 Å². The van der Waals surface area contributed by atoms with Crippen molar-refractivity contribution in [2.24, 2.45) is 0 Å². The average Bonchev–Trinajstić information content (AvgIpc) is 2.70. The van der Waals surface area contributed by atoms with Gasteiger partial charge in [-0.25, -0.2) is 26.7 Å². The van der Waals surface area contributed by atoms with Crippen LogP contribution in [0.2, 0.25) is 0 Å². The lowest BCUT2D eigenvalue weighted by atomic mass is 10.3. The predicted molar refractivity (Wildman–Crippen MR) is 63.2 cm³/mol. The van der Waals surface area contributed by atoms with E-state index in [1.807, 2.05) is 0 Å². The van der Waals surface area contributed by atoms with Crippen LogP contribution >= 0.6 is 11.3 Å². The Bertz CT molecular complexity index is 581. The highest BCUT2D eigenvalue weighted by Gasteiger charge is 2.31. The molecule has 0 aromatic carbocycles. The third-order valence-electron chi connectivity index (χ3n) is 2.11. The molecule has 0 spiro atoms. The Morgan fingerprint density at radius 2 is 2.11 bits per heavy atom. The second-order valence-corrected chi connectivity index (χ2v) is 6.77. The van der Waals surface area contributed by atoms with E-state index in [-0.39, 0.29) is 14.6 Å². The maximum Gasteiger partial charge on any atom is 0.346 e. The van der Waals surface area contributed by atoms with Gasteiger partial charge in [0.2, 0.25) is 10.0 Å². The number of carbonyl (C=O) groups is 1. The minimum absolute atomic E-state index is 0.172. The van der Waals surface area contributed by atoms with Crippen LogP contribution in [0.4, 0.5) is 8.78 Å². The Balaban J connectivity index is 2.96. The summed E-state index contributed by atoms with van der Waals surface area (Å²) in [6, 6.07) is 1.09. The molecule has 0 fully saturated rings. The maximum atomic E-state index is 12.7. The Morgan fingerprint density at radius 3 is 2.53 bits per heavy atom. The summed E-state index contributed by atoms with van der Waals surface area (Å²) in [5, 5.41) is 17.1. The number of carboxylic acids is 1. The number of aliphatic hydroxyl groups excluding tert-OH is 1. The van der Waals surface area contributed by atoms with Gasteiger partial charge in [0.25, 0.3) is 5.92 Å². The number of halogens is 2. The zero-order valence-electron chi connectivity index (χ0n) is 9.68. The van der Waals surface area contributed by atoms with Crippen molar-refractivity contribution in [1.82, 2.24) is 4.72 Å². The van der Waals surface area contributed by atoms with Gasteiger partial charge in [-0.15, -0.1) is 11.3 Å². The first-order valence-electron chi connectivity index (χ1n) is 4.91. The molecule has 0 unspecified atom stereocenters. The van der Waals surface area contributed by atoms with Gasteiger partial charge in [0, 0.05) is 0 Å². The molecule has 0 aliphatic rings. The highest BCUT2D eigenvalue weighted by atomic mass is 32.2. The molecule has 1 aromatic rings. The molecule has 0 radical (unpaired) electrons. The quantitative estimate of drug-likeness (QED) is 0.715. The van der Waals surface area contributed by atoms with Crippen LogP contribution in [-0.2, 0) is 10.0 Å². The van der Waals surface area contributed by atoms with E-state index in [0.717, 1.165) is 6.07 Å². The summed E-state index contributed by atoms with van der Waals surface area (Å²) in [7, 11) is -4.22. The molecule has 10 heteroatoms. The molecule has 1 aromatic heterocycles. The van der Waals surface area contributed by atoms with E-state index in [4.69, 9.17) is 10.2 Å². The molecule has 0 saturated heterocycles. The molecular formula is C9H11F2NO5S2. The van der Waals surface area contributed by atoms with Gasteiger partial charge in [0.1, 0.15) is 15.7 Å². The minimum Gasteiger partial charge on any atom is -0.477 e. The number of thiophene rings is 1. The van der Waals surface area contributed by atoms with Gasteiger partial charge in [-0.2, -0.15) is 0 Å². The van der Waals surface area contributed by atoms with Gasteiger partial charge >= 0.3 is 5.97 Å². The molecule has 0 aliphatic carbocycles. The lowest BCUT2D eigenvalue weighted by Gasteiger charge is -2.13. The molecule has 0 aliphatic heterocycles. The van der Waals surface area contributed by atoms with E-state index in [2.05, 4.69) is 0 Å². The van der Waals surface area contributed by atoms with Gasteiger partial charge in [-0.1, -0.05) is 0 Å². The summed E-state index contributed by atoms with van der Waals surface area (Å²) in [5.74, 6) is -4.86. The summed E-state index contributed by atoms with van der Waals surface area (Å²) in [5.41, 5.74) is 0.229. The van der Waals surface area contributed by atoms with Crippen molar-refractivity contribution in [2.45, 2.75) is 17.1 Å². The standard InChI is InChI=1S/C9H11F2NO5S2/c1-5-2-6(18-7(5)8(14)15)19(16,17)12-3-9(10,11)4-13/h2,12-13H,3-4H2,1H3,(H,14,15). The molecule has 0 saturated carbocycles. The first kappa shape index (κ1) is 16.0. The molecular weight excluding hydrogens is 304 g/mol. The fourth-order valence-electron chi connectivity index (χ4n) is 1.13. The van der Waals surface area contributed by atoms with E-state index >= 15 is 0 Å². The third kappa shape index (κ3) is 3.93. The second-order valence-electron chi connectivity index (χ2n) is 3.72. The number of aromatic carboxylic acids is 1. The van der Waals surface area contributed by atoms with E-state index < -0.39 is 35.1 Å². The van der Waals surface area contributed by atoms with Crippen molar-refractivity contribution in [3.05, 3.63) is 16.5 Å². The number of rotatable bonds is 6. The number of sulfonamides is 1. The van der Waals surface area contributed by atoms with Gasteiger partial charge in [0.05, 0.1) is 6.54 Å². The molecule has 1 heterocycles. The predicted octanol–water partition coefficient (Wildman–Crippen LogP) is 0.661. The van der Waals surface area contributed by atoms with Crippen molar-refractivity contribution in [3.63, 3.8) is 0 Å². The largest absolute Gasteiger partial charge is 0.477 e. The molecule has 3 N–H and O–H groups in total. The van der Waals surface area contributed by atoms with E-state index in [0.29, 0.717) is 11.3 Å². The van der Waals surface area contributed by atoms with Crippen molar-refractivity contribution in [2.75, 3.05) is 13.2 Å². The number of hydrogen-bond donors (Lipinski definition) is 3. The molecule has 1 rings (SSSR count). The first-order valence-corrected chi connectivity index (χ1v) is 7.21. The van der Waals surface area contributed by atoms with Crippen LogP contribution in [0.5, 0.6) is 0 Å².